The summed E-state index contributed by atoms with van der Waals surface area (Å²) in [5, 5.41) is 0. The molecule has 1 atom stereocenters. The lowest BCUT2D eigenvalue weighted by Gasteiger charge is -2.34. The summed E-state index contributed by atoms with van der Waals surface area (Å²) in [7, 11) is 0. The number of carbonyl (C=O) groups is 2. The molecule has 6 nitrogen and oxygen atoms in total. The minimum atomic E-state index is 0.144. The van der Waals surface area contributed by atoms with E-state index in [-0.39, 0.29) is 17.9 Å². The summed E-state index contributed by atoms with van der Waals surface area (Å²) in [6.45, 7) is 9.23. The van der Waals surface area contributed by atoms with E-state index in [2.05, 4.69) is 28.3 Å². The van der Waals surface area contributed by atoms with E-state index in [1.54, 1.807) is 6.20 Å². The fourth-order valence-electron chi connectivity index (χ4n) is 3.79. The molecule has 6 heteroatoms. The normalized spacial score (nSPS) is 21.4. The first kappa shape index (κ1) is 18.9. The van der Waals surface area contributed by atoms with Crippen molar-refractivity contribution in [3.8, 4) is 0 Å². The van der Waals surface area contributed by atoms with Gasteiger partial charge in [-0.3, -0.25) is 9.59 Å². The Hall–Kier alpha value is -1.85. The standard InChI is InChI=1S/C20H32N4O2/c1-15(2)18-14-23(11-8-20(26)24(18)13-17-6-7-17)19(25)5-4-10-22-12-9-21-16(22)3/h9,12,15,17-18H,4-8,10-11,13-14H2,1-3H3/t18-/m1/s1. The van der Waals surface area contributed by atoms with Crippen LogP contribution in [0, 0.1) is 18.8 Å². The average Bonchev–Trinajstić information content (AvgIpc) is 3.36. The monoisotopic (exact) mass is 360 g/mol. The maximum atomic E-state index is 12.8. The second-order valence-corrected chi connectivity index (χ2v) is 8.16. The smallest absolute Gasteiger partial charge is 0.224 e. The van der Waals surface area contributed by atoms with Crippen molar-refractivity contribution in [1.82, 2.24) is 19.4 Å². The molecule has 1 aromatic heterocycles. The van der Waals surface area contributed by atoms with Crippen molar-refractivity contribution in [2.75, 3.05) is 19.6 Å². The molecule has 144 valence electrons. The van der Waals surface area contributed by atoms with E-state index in [4.69, 9.17) is 0 Å². The zero-order chi connectivity index (χ0) is 18.7. The van der Waals surface area contributed by atoms with Gasteiger partial charge in [0.05, 0.1) is 6.04 Å². The van der Waals surface area contributed by atoms with Crippen molar-refractivity contribution >= 4 is 11.8 Å². The Labute approximate surface area is 156 Å². The number of hydrogen-bond acceptors (Lipinski definition) is 3. The van der Waals surface area contributed by atoms with Crippen molar-refractivity contribution in [1.29, 1.82) is 0 Å². The van der Waals surface area contributed by atoms with Gasteiger partial charge < -0.3 is 14.4 Å². The van der Waals surface area contributed by atoms with E-state index in [0.717, 1.165) is 25.3 Å². The molecule has 0 N–H and O–H groups in total. The van der Waals surface area contributed by atoms with Crippen LogP contribution in [0.2, 0.25) is 0 Å². The Morgan fingerprint density at radius 3 is 2.73 bits per heavy atom. The van der Waals surface area contributed by atoms with Gasteiger partial charge in [-0.25, -0.2) is 4.98 Å². The van der Waals surface area contributed by atoms with Gasteiger partial charge in [0, 0.05) is 51.4 Å². The highest BCUT2D eigenvalue weighted by molar-refractivity contribution is 5.80. The quantitative estimate of drug-likeness (QED) is 0.750. The third-order valence-corrected chi connectivity index (χ3v) is 5.71. The fourth-order valence-corrected chi connectivity index (χ4v) is 3.79. The number of imidazole rings is 1. The van der Waals surface area contributed by atoms with Gasteiger partial charge in [0.15, 0.2) is 0 Å². The first-order chi connectivity index (χ1) is 12.5. The summed E-state index contributed by atoms with van der Waals surface area (Å²) in [6.07, 6.45) is 8.02. The largest absolute Gasteiger partial charge is 0.340 e. The summed E-state index contributed by atoms with van der Waals surface area (Å²) >= 11 is 0. The Bertz CT molecular complexity index is 636. The molecule has 2 aliphatic rings. The number of nitrogens with zero attached hydrogens (tertiary/aromatic N) is 4. The van der Waals surface area contributed by atoms with Crippen LogP contribution in [-0.2, 0) is 16.1 Å². The zero-order valence-corrected chi connectivity index (χ0v) is 16.4. The first-order valence-corrected chi connectivity index (χ1v) is 10.0. The number of hydrogen-bond donors (Lipinski definition) is 0. The summed E-state index contributed by atoms with van der Waals surface area (Å²) < 4.78 is 2.08. The van der Waals surface area contributed by atoms with Crippen LogP contribution >= 0.6 is 0 Å². The summed E-state index contributed by atoms with van der Waals surface area (Å²) in [5.41, 5.74) is 0. The molecular formula is C20H32N4O2. The fraction of sp³-hybridized carbons (Fsp3) is 0.750. The van der Waals surface area contributed by atoms with E-state index in [0.29, 0.717) is 37.8 Å². The molecule has 1 aromatic rings. The molecule has 1 aliphatic heterocycles. The van der Waals surface area contributed by atoms with E-state index in [9.17, 15) is 9.59 Å². The van der Waals surface area contributed by atoms with Crippen LogP contribution in [0.25, 0.3) is 0 Å². The SMILES string of the molecule is Cc1nccn1CCCC(=O)N1CCC(=O)N(CC2CC2)[C@@H](C(C)C)C1. The maximum Gasteiger partial charge on any atom is 0.224 e. The number of rotatable bonds is 7. The molecule has 0 spiro atoms. The topological polar surface area (TPSA) is 58.4 Å². The second-order valence-electron chi connectivity index (χ2n) is 8.16. The lowest BCUT2D eigenvalue weighted by Crippen LogP contribution is -2.48. The third kappa shape index (κ3) is 4.65. The van der Waals surface area contributed by atoms with Crippen LogP contribution in [0.3, 0.4) is 0 Å². The molecule has 2 fully saturated rings. The van der Waals surface area contributed by atoms with Crippen LogP contribution in [-0.4, -0.2) is 56.8 Å². The van der Waals surface area contributed by atoms with Crippen molar-refractivity contribution < 1.29 is 9.59 Å². The summed E-state index contributed by atoms with van der Waals surface area (Å²) in [4.78, 5) is 33.6. The molecule has 1 saturated heterocycles. The predicted molar refractivity (Wildman–Crippen MR) is 100 cm³/mol. The van der Waals surface area contributed by atoms with E-state index in [1.165, 1.54) is 12.8 Å². The Morgan fingerprint density at radius 1 is 1.35 bits per heavy atom. The lowest BCUT2D eigenvalue weighted by molar-refractivity contribution is -0.134. The predicted octanol–water partition coefficient (Wildman–Crippen LogP) is 2.47. The van der Waals surface area contributed by atoms with Crippen molar-refractivity contribution in [3.05, 3.63) is 18.2 Å². The molecule has 2 amide bonds. The van der Waals surface area contributed by atoms with Crippen LogP contribution in [0.15, 0.2) is 12.4 Å². The molecule has 0 unspecified atom stereocenters. The van der Waals surface area contributed by atoms with E-state index < -0.39 is 0 Å². The van der Waals surface area contributed by atoms with Gasteiger partial charge in [0.2, 0.25) is 11.8 Å². The molecule has 0 bridgehead atoms. The van der Waals surface area contributed by atoms with Gasteiger partial charge in [-0.2, -0.15) is 0 Å². The van der Waals surface area contributed by atoms with Gasteiger partial charge >= 0.3 is 0 Å². The molecule has 2 heterocycles. The minimum Gasteiger partial charge on any atom is -0.340 e. The van der Waals surface area contributed by atoms with Gasteiger partial charge in [-0.05, 0) is 38.0 Å². The van der Waals surface area contributed by atoms with Crippen molar-refractivity contribution in [3.63, 3.8) is 0 Å². The minimum absolute atomic E-state index is 0.144. The highest BCUT2D eigenvalue weighted by Gasteiger charge is 2.36. The maximum absolute atomic E-state index is 12.8. The summed E-state index contributed by atoms with van der Waals surface area (Å²) in [6, 6.07) is 0.144. The molecule has 3 rings (SSSR count). The highest BCUT2D eigenvalue weighted by atomic mass is 16.2. The van der Waals surface area contributed by atoms with Crippen LogP contribution in [0.4, 0.5) is 0 Å². The Morgan fingerprint density at radius 2 is 2.12 bits per heavy atom. The van der Waals surface area contributed by atoms with Gasteiger partial charge in [0.1, 0.15) is 5.82 Å². The van der Waals surface area contributed by atoms with Crippen LogP contribution in [0.5, 0.6) is 0 Å². The van der Waals surface area contributed by atoms with Gasteiger partial charge in [-0.15, -0.1) is 0 Å². The Balaban J connectivity index is 1.57. The number of carbonyl (C=O) groups excluding carboxylic acids is 2. The number of aryl methyl sites for hydroxylation is 2. The second kappa shape index (κ2) is 8.23. The molecule has 0 radical (unpaired) electrons. The van der Waals surface area contributed by atoms with Gasteiger partial charge in [0.25, 0.3) is 0 Å². The highest BCUT2D eigenvalue weighted by Crippen LogP contribution is 2.32. The first-order valence-electron chi connectivity index (χ1n) is 10.0. The molecule has 1 saturated carbocycles. The van der Waals surface area contributed by atoms with Crippen LogP contribution < -0.4 is 0 Å². The van der Waals surface area contributed by atoms with Gasteiger partial charge in [-0.1, -0.05) is 13.8 Å². The van der Waals surface area contributed by atoms with Crippen molar-refractivity contribution in [2.24, 2.45) is 11.8 Å². The zero-order valence-electron chi connectivity index (χ0n) is 16.4. The number of amides is 2. The Kier molecular flexibility index (Phi) is 5.99. The molecule has 0 aromatic carbocycles. The van der Waals surface area contributed by atoms with E-state index >= 15 is 0 Å². The van der Waals surface area contributed by atoms with E-state index in [1.807, 2.05) is 18.0 Å². The van der Waals surface area contributed by atoms with Crippen LogP contribution in [0.1, 0.15) is 51.8 Å². The molecule has 26 heavy (non-hydrogen) atoms. The molecule has 1 aliphatic carbocycles. The molecular weight excluding hydrogens is 328 g/mol. The van der Waals surface area contributed by atoms with Crippen molar-refractivity contribution in [2.45, 2.75) is 65.5 Å². The average molecular weight is 361 g/mol. The lowest BCUT2D eigenvalue weighted by atomic mass is 10.0. The number of aromatic nitrogens is 2. The third-order valence-electron chi connectivity index (χ3n) is 5.71. The summed E-state index contributed by atoms with van der Waals surface area (Å²) in [5.74, 6) is 2.42.